The van der Waals surface area contributed by atoms with Crippen LogP contribution in [-0.2, 0) is 17.8 Å². The van der Waals surface area contributed by atoms with Crippen molar-refractivity contribution in [2.45, 2.75) is 64.8 Å². The van der Waals surface area contributed by atoms with Crippen LogP contribution in [0.15, 0.2) is 18.2 Å². The Morgan fingerprint density at radius 1 is 1.13 bits per heavy atom. The van der Waals surface area contributed by atoms with Gasteiger partial charge in [-0.25, -0.2) is 10.5 Å². The number of halogens is 2. The number of rotatable bonds is 15. The highest BCUT2D eigenvalue weighted by Gasteiger charge is 2.13. The van der Waals surface area contributed by atoms with Crippen LogP contribution in [0.2, 0.25) is 0 Å². The van der Waals surface area contributed by atoms with Gasteiger partial charge in [0.25, 0.3) is 0 Å². The Balaban J connectivity index is 2.00. The summed E-state index contributed by atoms with van der Waals surface area (Å²) in [5, 5.41) is 8.51. The Morgan fingerprint density at radius 3 is 2.50 bits per heavy atom. The average Bonchev–Trinajstić information content (AvgIpc) is 3.09. The third-order valence-electron chi connectivity index (χ3n) is 5.26. The highest BCUT2D eigenvalue weighted by molar-refractivity contribution is 6.18. The molecule has 2 N–H and O–H groups in total. The number of fused-ring (bicyclic) bond motifs is 1. The molecule has 0 atom stereocenters. The van der Waals surface area contributed by atoms with Crippen molar-refractivity contribution < 1.29 is 10.0 Å². The Morgan fingerprint density at radius 2 is 1.83 bits per heavy atom. The topological polar surface area (TPSA) is 70.4 Å². The van der Waals surface area contributed by atoms with Gasteiger partial charge in [0.2, 0.25) is 5.91 Å². The molecule has 2 aromatic rings. The van der Waals surface area contributed by atoms with E-state index in [1.54, 1.807) is 5.48 Å². The number of imidazole rings is 1. The maximum atomic E-state index is 11.0. The van der Waals surface area contributed by atoms with E-state index in [1.165, 1.54) is 5.52 Å². The summed E-state index contributed by atoms with van der Waals surface area (Å²) >= 11 is 11.9. The van der Waals surface area contributed by atoms with Crippen molar-refractivity contribution in [3.8, 4) is 0 Å². The van der Waals surface area contributed by atoms with Gasteiger partial charge in [-0.1, -0.05) is 26.2 Å². The summed E-state index contributed by atoms with van der Waals surface area (Å²) in [5.74, 6) is 1.97. The van der Waals surface area contributed by atoms with E-state index in [-0.39, 0.29) is 5.91 Å². The molecule has 0 unspecified atom stereocenters. The number of nitrogens with one attached hydrogen (secondary N) is 1. The van der Waals surface area contributed by atoms with Gasteiger partial charge in [-0.3, -0.25) is 10.0 Å². The van der Waals surface area contributed by atoms with Gasteiger partial charge in [-0.15, -0.1) is 23.2 Å². The molecule has 0 aliphatic heterocycles. The van der Waals surface area contributed by atoms with Crippen LogP contribution in [0.3, 0.4) is 0 Å². The molecule has 1 heterocycles. The van der Waals surface area contributed by atoms with Gasteiger partial charge in [0.15, 0.2) is 0 Å². The largest absolute Gasteiger partial charge is 0.369 e. The van der Waals surface area contributed by atoms with E-state index in [0.717, 1.165) is 81.6 Å². The minimum absolute atomic E-state index is 0.307. The summed E-state index contributed by atoms with van der Waals surface area (Å²) in [6, 6.07) is 6.45. The van der Waals surface area contributed by atoms with Crippen LogP contribution in [0.5, 0.6) is 0 Å². The summed E-state index contributed by atoms with van der Waals surface area (Å²) in [4.78, 5) is 18.2. The van der Waals surface area contributed by atoms with Gasteiger partial charge in [-0.2, -0.15) is 0 Å². The van der Waals surface area contributed by atoms with Gasteiger partial charge >= 0.3 is 0 Å². The standard InChI is InChI=1S/C22H34Cl2N4O2/c1-2-14-28-20-11-10-18(27(15-12-23)16-13-24)17-19(20)25-21(28)8-6-4-3-5-7-9-22(29)26-30/h10-11,17,30H,2-9,12-16H2,1H3,(H,26,29). The third-order valence-corrected chi connectivity index (χ3v) is 5.60. The van der Waals surface area contributed by atoms with Gasteiger partial charge in [-0.05, 0) is 37.5 Å². The number of alkyl halides is 2. The van der Waals surface area contributed by atoms with Gasteiger partial charge in [0.05, 0.1) is 11.0 Å². The molecular formula is C22H34Cl2N4O2. The number of aryl methyl sites for hydroxylation is 2. The Labute approximate surface area is 189 Å². The monoisotopic (exact) mass is 456 g/mol. The molecule has 0 aliphatic rings. The van der Waals surface area contributed by atoms with E-state index < -0.39 is 0 Å². The molecule has 1 aromatic heterocycles. The van der Waals surface area contributed by atoms with Crippen molar-refractivity contribution in [2.24, 2.45) is 0 Å². The summed E-state index contributed by atoms with van der Waals surface area (Å²) in [5.41, 5.74) is 5.00. The van der Waals surface area contributed by atoms with E-state index >= 15 is 0 Å². The second-order valence-corrected chi connectivity index (χ2v) is 8.28. The first-order valence-corrected chi connectivity index (χ1v) is 12.0. The first-order valence-electron chi connectivity index (χ1n) is 10.9. The van der Waals surface area contributed by atoms with Crippen molar-refractivity contribution in [1.82, 2.24) is 15.0 Å². The van der Waals surface area contributed by atoms with Crippen molar-refractivity contribution in [1.29, 1.82) is 0 Å². The number of carbonyl (C=O) groups is 1. The molecule has 0 fully saturated rings. The summed E-state index contributed by atoms with van der Waals surface area (Å²) in [6.07, 6.45) is 7.49. The van der Waals surface area contributed by atoms with Crippen molar-refractivity contribution in [3.05, 3.63) is 24.0 Å². The fourth-order valence-corrected chi connectivity index (χ4v) is 4.17. The smallest absolute Gasteiger partial charge is 0.243 e. The number of nitrogens with zero attached hydrogens (tertiary/aromatic N) is 3. The lowest BCUT2D eigenvalue weighted by molar-refractivity contribution is -0.129. The highest BCUT2D eigenvalue weighted by Crippen LogP contribution is 2.25. The maximum absolute atomic E-state index is 11.0. The summed E-state index contributed by atoms with van der Waals surface area (Å²) in [7, 11) is 0. The van der Waals surface area contributed by atoms with Crippen LogP contribution < -0.4 is 10.4 Å². The molecule has 0 saturated heterocycles. The van der Waals surface area contributed by atoms with Crippen LogP contribution in [0.4, 0.5) is 5.69 Å². The number of hydroxylamine groups is 1. The molecule has 0 radical (unpaired) electrons. The molecule has 8 heteroatoms. The van der Waals surface area contributed by atoms with Gasteiger partial charge < -0.3 is 9.47 Å². The number of benzene rings is 1. The number of hydrogen-bond acceptors (Lipinski definition) is 4. The molecule has 1 aromatic carbocycles. The second kappa shape index (κ2) is 13.7. The summed E-state index contributed by atoms with van der Waals surface area (Å²) < 4.78 is 2.35. The van der Waals surface area contributed by atoms with Crippen LogP contribution >= 0.6 is 23.2 Å². The molecule has 0 saturated carbocycles. The number of hydrogen-bond donors (Lipinski definition) is 2. The first-order chi connectivity index (χ1) is 14.6. The van der Waals surface area contributed by atoms with E-state index in [4.69, 9.17) is 33.4 Å². The van der Waals surface area contributed by atoms with Crippen molar-refractivity contribution in [2.75, 3.05) is 29.7 Å². The average molecular weight is 457 g/mol. The predicted octanol–water partition coefficient (Wildman–Crippen LogP) is 5.12. The summed E-state index contributed by atoms with van der Waals surface area (Å²) in [6.45, 7) is 4.69. The third kappa shape index (κ3) is 7.33. The molecule has 6 nitrogen and oxygen atoms in total. The van der Waals surface area contributed by atoms with Crippen molar-refractivity contribution >= 4 is 45.8 Å². The molecule has 0 bridgehead atoms. The molecule has 1 amide bonds. The first kappa shape index (κ1) is 24.8. The van der Waals surface area contributed by atoms with E-state index in [1.807, 2.05) is 0 Å². The zero-order valence-corrected chi connectivity index (χ0v) is 19.4. The van der Waals surface area contributed by atoms with E-state index in [9.17, 15) is 4.79 Å². The molecule has 0 aliphatic carbocycles. The van der Waals surface area contributed by atoms with Gasteiger partial charge in [0, 0.05) is 49.9 Å². The number of unbranched alkanes of at least 4 members (excludes halogenated alkanes) is 4. The van der Waals surface area contributed by atoms with Crippen LogP contribution in [0.1, 0.15) is 57.7 Å². The molecule has 30 heavy (non-hydrogen) atoms. The van der Waals surface area contributed by atoms with E-state index in [0.29, 0.717) is 18.2 Å². The van der Waals surface area contributed by atoms with E-state index in [2.05, 4.69) is 34.6 Å². The zero-order chi connectivity index (χ0) is 21.8. The molecule has 168 valence electrons. The lowest BCUT2D eigenvalue weighted by Gasteiger charge is -2.22. The fraction of sp³-hybridized carbons (Fsp3) is 0.636. The Kier molecular flexibility index (Phi) is 11.3. The normalized spacial score (nSPS) is 11.2. The number of anilines is 1. The van der Waals surface area contributed by atoms with Gasteiger partial charge in [0.1, 0.15) is 5.82 Å². The molecule has 2 rings (SSSR count). The van der Waals surface area contributed by atoms with Crippen LogP contribution in [-0.4, -0.2) is 45.5 Å². The molecule has 0 spiro atoms. The minimum atomic E-state index is -0.307. The highest BCUT2D eigenvalue weighted by atomic mass is 35.5. The number of carbonyl (C=O) groups excluding carboxylic acids is 1. The Hall–Kier alpha value is -1.50. The minimum Gasteiger partial charge on any atom is -0.369 e. The van der Waals surface area contributed by atoms with Crippen molar-refractivity contribution in [3.63, 3.8) is 0 Å². The number of aromatic nitrogens is 2. The zero-order valence-electron chi connectivity index (χ0n) is 17.9. The predicted molar refractivity (Wildman–Crippen MR) is 125 cm³/mol. The molecular weight excluding hydrogens is 423 g/mol. The quantitative estimate of drug-likeness (QED) is 0.169. The lowest BCUT2D eigenvalue weighted by atomic mass is 10.1. The Bertz CT molecular complexity index is 776. The van der Waals surface area contributed by atoms with Crippen LogP contribution in [0.25, 0.3) is 11.0 Å². The van der Waals surface area contributed by atoms with Crippen LogP contribution in [0, 0.1) is 0 Å². The fourth-order valence-electron chi connectivity index (χ4n) is 3.76. The maximum Gasteiger partial charge on any atom is 0.243 e. The second-order valence-electron chi connectivity index (χ2n) is 7.52. The SMILES string of the molecule is CCCn1c(CCCCCCCC(=O)NO)nc2cc(N(CCCl)CCCl)ccc21. The number of amides is 1. The lowest BCUT2D eigenvalue weighted by Crippen LogP contribution is -2.27.